The highest BCUT2D eigenvalue weighted by Gasteiger charge is 2.31. The molecule has 3 heteroatoms. The lowest BCUT2D eigenvalue weighted by Crippen LogP contribution is -2.42. The van der Waals surface area contributed by atoms with Crippen molar-refractivity contribution in [3.8, 4) is 0 Å². The number of pyridine rings is 1. The van der Waals surface area contributed by atoms with Crippen molar-refractivity contribution in [2.45, 2.75) is 25.3 Å². The standard InChI is InChI=1S/C11H16N2O/c1-9-3-2-5-13-10(9)7-11(12)4-6-14-8-11/h2-3,5H,4,6-8,12H2,1H3. The van der Waals surface area contributed by atoms with Crippen molar-refractivity contribution in [2.75, 3.05) is 13.2 Å². The molecule has 3 nitrogen and oxygen atoms in total. The van der Waals surface area contributed by atoms with E-state index in [2.05, 4.69) is 18.0 Å². The first-order valence-electron chi connectivity index (χ1n) is 4.97. The molecule has 2 rings (SSSR count). The molecule has 1 aromatic heterocycles. The van der Waals surface area contributed by atoms with Gasteiger partial charge >= 0.3 is 0 Å². The summed E-state index contributed by atoms with van der Waals surface area (Å²) in [4.78, 5) is 4.35. The minimum atomic E-state index is -0.195. The largest absolute Gasteiger partial charge is 0.379 e. The van der Waals surface area contributed by atoms with Crippen LogP contribution in [-0.4, -0.2) is 23.7 Å². The second kappa shape index (κ2) is 3.67. The molecule has 0 amide bonds. The third-order valence-electron chi connectivity index (χ3n) is 2.77. The second-order valence-corrected chi connectivity index (χ2v) is 4.11. The molecule has 0 aliphatic carbocycles. The van der Waals surface area contributed by atoms with Gasteiger partial charge in [0.15, 0.2) is 0 Å². The van der Waals surface area contributed by atoms with E-state index in [0.29, 0.717) is 6.61 Å². The van der Waals surface area contributed by atoms with Crippen molar-refractivity contribution in [1.29, 1.82) is 0 Å². The topological polar surface area (TPSA) is 48.1 Å². The lowest BCUT2D eigenvalue weighted by Gasteiger charge is -2.21. The van der Waals surface area contributed by atoms with Gasteiger partial charge in [-0.05, 0) is 25.0 Å². The quantitative estimate of drug-likeness (QED) is 0.762. The fourth-order valence-electron chi connectivity index (χ4n) is 1.80. The third kappa shape index (κ3) is 1.94. The van der Waals surface area contributed by atoms with Crippen LogP contribution in [0.5, 0.6) is 0 Å². The van der Waals surface area contributed by atoms with Gasteiger partial charge in [0.1, 0.15) is 0 Å². The van der Waals surface area contributed by atoms with Crippen molar-refractivity contribution in [2.24, 2.45) is 5.73 Å². The molecule has 1 atom stereocenters. The smallest absolute Gasteiger partial charge is 0.0650 e. The van der Waals surface area contributed by atoms with Crippen LogP contribution in [0.15, 0.2) is 18.3 Å². The van der Waals surface area contributed by atoms with Gasteiger partial charge < -0.3 is 10.5 Å². The maximum absolute atomic E-state index is 6.19. The number of ether oxygens (including phenoxy) is 1. The summed E-state index contributed by atoms with van der Waals surface area (Å²) in [5.74, 6) is 0. The van der Waals surface area contributed by atoms with Crippen LogP contribution >= 0.6 is 0 Å². The maximum Gasteiger partial charge on any atom is 0.0650 e. The zero-order valence-electron chi connectivity index (χ0n) is 8.49. The molecular weight excluding hydrogens is 176 g/mol. The zero-order valence-corrected chi connectivity index (χ0v) is 8.49. The van der Waals surface area contributed by atoms with E-state index in [0.717, 1.165) is 25.1 Å². The zero-order chi connectivity index (χ0) is 10.0. The van der Waals surface area contributed by atoms with Crippen LogP contribution in [-0.2, 0) is 11.2 Å². The average molecular weight is 192 g/mol. The molecule has 1 saturated heterocycles. The fraction of sp³-hybridized carbons (Fsp3) is 0.545. The van der Waals surface area contributed by atoms with Gasteiger partial charge in [-0.3, -0.25) is 4.98 Å². The fourth-order valence-corrected chi connectivity index (χ4v) is 1.80. The Hall–Kier alpha value is -0.930. The summed E-state index contributed by atoms with van der Waals surface area (Å²) < 4.78 is 5.32. The molecule has 2 heterocycles. The molecule has 0 aromatic carbocycles. The molecule has 1 unspecified atom stereocenters. The van der Waals surface area contributed by atoms with E-state index < -0.39 is 0 Å². The molecule has 0 spiro atoms. The number of nitrogens with zero attached hydrogens (tertiary/aromatic N) is 1. The molecule has 1 aromatic rings. The summed E-state index contributed by atoms with van der Waals surface area (Å²) in [6, 6.07) is 4.02. The van der Waals surface area contributed by atoms with Gasteiger partial charge in [0.2, 0.25) is 0 Å². The van der Waals surface area contributed by atoms with Crippen LogP contribution in [0.1, 0.15) is 17.7 Å². The van der Waals surface area contributed by atoms with Gasteiger partial charge in [0, 0.05) is 30.5 Å². The van der Waals surface area contributed by atoms with E-state index in [-0.39, 0.29) is 5.54 Å². The minimum absolute atomic E-state index is 0.195. The molecule has 1 aliphatic heterocycles. The molecule has 76 valence electrons. The van der Waals surface area contributed by atoms with Crippen molar-refractivity contribution in [1.82, 2.24) is 4.98 Å². The van der Waals surface area contributed by atoms with Crippen LogP contribution in [0.2, 0.25) is 0 Å². The van der Waals surface area contributed by atoms with Crippen molar-refractivity contribution in [3.63, 3.8) is 0 Å². The van der Waals surface area contributed by atoms with Crippen molar-refractivity contribution in [3.05, 3.63) is 29.6 Å². The predicted octanol–water partition coefficient (Wildman–Crippen LogP) is 1.05. The molecule has 0 bridgehead atoms. The summed E-state index contributed by atoms with van der Waals surface area (Å²) >= 11 is 0. The Labute approximate surface area is 84.3 Å². The highest BCUT2D eigenvalue weighted by atomic mass is 16.5. The highest BCUT2D eigenvalue weighted by molar-refractivity contribution is 5.20. The van der Waals surface area contributed by atoms with Gasteiger partial charge in [0.25, 0.3) is 0 Å². The normalized spacial score (nSPS) is 26.7. The monoisotopic (exact) mass is 192 g/mol. The number of hydrogen-bond donors (Lipinski definition) is 1. The molecule has 14 heavy (non-hydrogen) atoms. The number of aromatic nitrogens is 1. The van der Waals surface area contributed by atoms with Crippen molar-refractivity contribution < 1.29 is 4.74 Å². The predicted molar refractivity (Wildman–Crippen MR) is 55.0 cm³/mol. The third-order valence-corrected chi connectivity index (χ3v) is 2.77. The Balaban J connectivity index is 2.14. The summed E-state index contributed by atoms with van der Waals surface area (Å²) in [6.45, 7) is 3.51. The molecule has 1 fully saturated rings. The molecule has 2 N–H and O–H groups in total. The summed E-state index contributed by atoms with van der Waals surface area (Å²) in [5, 5.41) is 0. The van der Waals surface area contributed by atoms with Crippen LogP contribution in [0.3, 0.4) is 0 Å². The minimum Gasteiger partial charge on any atom is -0.379 e. The number of nitrogens with two attached hydrogens (primary N) is 1. The highest BCUT2D eigenvalue weighted by Crippen LogP contribution is 2.21. The van der Waals surface area contributed by atoms with Crippen LogP contribution in [0, 0.1) is 6.92 Å². The van der Waals surface area contributed by atoms with Crippen molar-refractivity contribution >= 4 is 0 Å². The Bertz CT molecular complexity index is 319. The first-order valence-corrected chi connectivity index (χ1v) is 4.97. The van der Waals surface area contributed by atoms with Crippen LogP contribution < -0.4 is 5.73 Å². The Morgan fingerprint density at radius 1 is 1.64 bits per heavy atom. The maximum atomic E-state index is 6.19. The van der Waals surface area contributed by atoms with Crippen LogP contribution in [0.4, 0.5) is 0 Å². The first kappa shape index (κ1) is 9.62. The second-order valence-electron chi connectivity index (χ2n) is 4.11. The van der Waals surface area contributed by atoms with E-state index in [9.17, 15) is 0 Å². The number of aryl methyl sites for hydroxylation is 1. The Morgan fingerprint density at radius 3 is 3.14 bits per heavy atom. The molecular formula is C11H16N2O. The van der Waals surface area contributed by atoms with E-state index in [1.54, 1.807) is 0 Å². The Kier molecular flexibility index (Phi) is 2.52. The molecule has 1 aliphatic rings. The summed E-state index contributed by atoms with van der Waals surface area (Å²) in [5.41, 5.74) is 8.31. The number of hydrogen-bond acceptors (Lipinski definition) is 3. The van der Waals surface area contributed by atoms with Gasteiger partial charge in [-0.1, -0.05) is 6.07 Å². The van der Waals surface area contributed by atoms with Gasteiger partial charge in [-0.2, -0.15) is 0 Å². The average Bonchev–Trinajstić information content (AvgIpc) is 2.57. The summed E-state index contributed by atoms with van der Waals surface area (Å²) in [7, 11) is 0. The SMILES string of the molecule is Cc1cccnc1CC1(N)CCOC1. The summed E-state index contributed by atoms with van der Waals surface area (Å²) in [6.07, 6.45) is 3.57. The van der Waals surface area contributed by atoms with E-state index in [4.69, 9.17) is 10.5 Å². The number of rotatable bonds is 2. The van der Waals surface area contributed by atoms with Gasteiger partial charge in [-0.15, -0.1) is 0 Å². The first-order chi connectivity index (χ1) is 6.70. The van der Waals surface area contributed by atoms with E-state index in [1.807, 2.05) is 12.3 Å². The van der Waals surface area contributed by atoms with E-state index in [1.165, 1.54) is 5.56 Å². The van der Waals surface area contributed by atoms with Gasteiger partial charge in [0.05, 0.1) is 6.61 Å². The lowest BCUT2D eigenvalue weighted by atomic mass is 9.92. The lowest BCUT2D eigenvalue weighted by molar-refractivity contribution is 0.177. The molecule has 0 saturated carbocycles. The Morgan fingerprint density at radius 2 is 2.50 bits per heavy atom. The molecule has 0 radical (unpaired) electrons. The van der Waals surface area contributed by atoms with Gasteiger partial charge in [-0.25, -0.2) is 0 Å². The van der Waals surface area contributed by atoms with Crippen LogP contribution in [0.25, 0.3) is 0 Å². The van der Waals surface area contributed by atoms with E-state index >= 15 is 0 Å².